The van der Waals surface area contributed by atoms with Crippen LogP contribution >= 0.6 is 0 Å². The quantitative estimate of drug-likeness (QED) is 0.797. The van der Waals surface area contributed by atoms with E-state index in [1.165, 1.54) is 24.6 Å². The minimum Gasteiger partial charge on any atom is -0.298 e. The maximum Gasteiger partial charge on any atom is 0.130 e. The third-order valence-electron chi connectivity index (χ3n) is 4.15. The molecule has 0 aromatic heterocycles. The van der Waals surface area contributed by atoms with Gasteiger partial charge >= 0.3 is 0 Å². The van der Waals surface area contributed by atoms with Gasteiger partial charge in [0.05, 0.1) is 0 Å². The van der Waals surface area contributed by atoms with Crippen molar-refractivity contribution in [3.05, 3.63) is 35.4 Å². The molecule has 19 heavy (non-hydrogen) atoms. The smallest absolute Gasteiger partial charge is 0.130 e. The monoisotopic (exact) mass is 267 g/mol. The lowest BCUT2D eigenvalue weighted by atomic mass is 9.83. The molecule has 0 amide bonds. The molecule has 0 spiro atoms. The first-order valence-corrected chi connectivity index (χ1v) is 7.12. The predicted octanol–water partition coefficient (Wildman–Crippen LogP) is 4.08. The number of hydrogen-bond acceptors (Lipinski definition) is 1. The summed E-state index contributed by atoms with van der Waals surface area (Å²) in [5.41, 5.74) is 0.208. The van der Waals surface area contributed by atoms with Gasteiger partial charge in [-0.2, -0.15) is 0 Å². The summed E-state index contributed by atoms with van der Waals surface area (Å²) in [6.45, 7) is 8.92. The Balaban J connectivity index is 2.10. The Morgan fingerprint density at radius 1 is 1.21 bits per heavy atom. The minimum absolute atomic E-state index is 0.208. The zero-order valence-corrected chi connectivity index (χ0v) is 12.0. The average Bonchev–Trinajstić information content (AvgIpc) is 2.33. The van der Waals surface area contributed by atoms with Gasteiger partial charge < -0.3 is 0 Å². The molecule has 0 aliphatic carbocycles. The number of halogens is 2. The van der Waals surface area contributed by atoms with E-state index in [0.717, 1.165) is 13.1 Å². The number of piperidine rings is 1. The van der Waals surface area contributed by atoms with Gasteiger partial charge in [-0.15, -0.1) is 0 Å². The molecule has 1 nitrogen and oxygen atoms in total. The highest BCUT2D eigenvalue weighted by molar-refractivity contribution is 5.19. The molecule has 2 rings (SSSR count). The lowest BCUT2D eigenvalue weighted by molar-refractivity contribution is 0.0993. The summed E-state index contributed by atoms with van der Waals surface area (Å²) in [5.74, 6) is 0.976. The van der Waals surface area contributed by atoms with Crippen molar-refractivity contribution in [2.24, 2.45) is 17.8 Å². The van der Waals surface area contributed by atoms with E-state index in [9.17, 15) is 8.78 Å². The maximum atomic E-state index is 13.7. The molecule has 1 saturated heterocycles. The third kappa shape index (κ3) is 3.53. The van der Waals surface area contributed by atoms with E-state index < -0.39 is 11.6 Å². The zero-order valence-electron chi connectivity index (χ0n) is 12.0. The fourth-order valence-electron chi connectivity index (χ4n) is 3.03. The molecule has 0 N–H and O–H groups in total. The van der Waals surface area contributed by atoms with Crippen molar-refractivity contribution < 1.29 is 8.78 Å². The Labute approximate surface area is 114 Å². The van der Waals surface area contributed by atoms with Gasteiger partial charge in [-0.05, 0) is 36.3 Å². The highest BCUT2D eigenvalue weighted by atomic mass is 19.1. The maximum absolute atomic E-state index is 13.7. The van der Waals surface area contributed by atoms with Crippen molar-refractivity contribution >= 4 is 0 Å². The molecular formula is C16H23F2N. The fraction of sp³-hybridized carbons (Fsp3) is 0.625. The molecule has 1 fully saturated rings. The van der Waals surface area contributed by atoms with E-state index in [1.54, 1.807) is 0 Å². The summed E-state index contributed by atoms with van der Waals surface area (Å²) in [5, 5.41) is 0. The third-order valence-corrected chi connectivity index (χ3v) is 4.15. The first kappa shape index (κ1) is 14.4. The Morgan fingerprint density at radius 3 is 2.42 bits per heavy atom. The van der Waals surface area contributed by atoms with Crippen LogP contribution in [0.25, 0.3) is 0 Å². The molecule has 0 radical (unpaired) electrons. The normalized spacial score (nSPS) is 24.9. The molecule has 1 aromatic carbocycles. The highest BCUT2D eigenvalue weighted by Gasteiger charge is 2.27. The number of likely N-dealkylation sites (tertiary alicyclic amines) is 1. The molecule has 0 bridgehead atoms. The zero-order chi connectivity index (χ0) is 14.0. The van der Waals surface area contributed by atoms with E-state index in [-0.39, 0.29) is 5.56 Å². The average molecular weight is 267 g/mol. The van der Waals surface area contributed by atoms with Crippen LogP contribution in [-0.2, 0) is 6.54 Å². The Kier molecular flexibility index (Phi) is 4.56. The Morgan fingerprint density at radius 2 is 1.84 bits per heavy atom. The van der Waals surface area contributed by atoms with Crippen molar-refractivity contribution in [3.63, 3.8) is 0 Å². The van der Waals surface area contributed by atoms with Crippen LogP contribution in [0.15, 0.2) is 18.2 Å². The van der Waals surface area contributed by atoms with Crippen LogP contribution in [0.5, 0.6) is 0 Å². The number of hydrogen-bond donors (Lipinski definition) is 0. The lowest BCUT2D eigenvalue weighted by Crippen LogP contribution is -2.41. The lowest BCUT2D eigenvalue weighted by Gasteiger charge is -2.38. The van der Waals surface area contributed by atoms with Crippen LogP contribution in [0.4, 0.5) is 8.78 Å². The SMILES string of the molecule is CC1CC(C(C)C)CN(Cc2c(F)cccc2F)C1. The molecule has 1 heterocycles. The Hall–Kier alpha value is -0.960. The van der Waals surface area contributed by atoms with Gasteiger partial charge in [-0.25, -0.2) is 8.78 Å². The number of benzene rings is 1. The van der Waals surface area contributed by atoms with E-state index >= 15 is 0 Å². The van der Waals surface area contributed by atoms with Crippen molar-refractivity contribution in [1.82, 2.24) is 4.90 Å². The molecule has 1 aliphatic heterocycles. The van der Waals surface area contributed by atoms with Crippen molar-refractivity contribution in [1.29, 1.82) is 0 Å². The number of nitrogens with zero attached hydrogens (tertiary/aromatic N) is 1. The van der Waals surface area contributed by atoms with Crippen molar-refractivity contribution in [2.75, 3.05) is 13.1 Å². The van der Waals surface area contributed by atoms with Gasteiger partial charge in [0, 0.05) is 25.2 Å². The highest BCUT2D eigenvalue weighted by Crippen LogP contribution is 2.28. The molecule has 1 aliphatic rings. The van der Waals surface area contributed by atoms with E-state index in [2.05, 4.69) is 25.7 Å². The van der Waals surface area contributed by atoms with Crippen LogP contribution in [-0.4, -0.2) is 18.0 Å². The van der Waals surface area contributed by atoms with Gasteiger partial charge in [-0.1, -0.05) is 26.8 Å². The fourth-order valence-corrected chi connectivity index (χ4v) is 3.03. The summed E-state index contributed by atoms with van der Waals surface area (Å²) < 4.78 is 27.4. The van der Waals surface area contributed by atoms with Crippen molar-refractivity contribution in [3.8, 4) is 0 Å². The second-order valence-electron chi connectivity index (χ2n) is 6.24. The summed E-state index contributed by atoms with van der Waals surface area (Å²) in [6.07, 6.45) is 1.22. The van der Waals surface area contributed by atoms with Gasteiger partial charge in [0.1, 0.15) is 11.6 Å². The largest absolute Gasteiger partial charge is 0.298 e. The number of rotatable bonds is 3. The van der Waals surface area contributed by atoms with Crippen LogP contribution in [0, 0.1) is 29.4 Å². The van der Waals surface area contributed by atoms with E-state index in [1.807, 2.05) is 0 Å². The topological polar surface area (TPSA) is 3.24 Å². The van der Waals surface area contributed by atoms with Gasteiger partial charge in [0.25, 0.3) is 0 Å². The van der Waals surface area contributed by atoms with E-state index in [4.69, 9.17) is 0 Å². The van der Waals surface area contributed by atoms with Crippen LogP contribution < -0.4 is 0 Å². The molecule has 2 unspecified atom stereocenters. The standard InChI is InChI=1S/C16H23F2N/c1-11(2)13-7-12(3)8-19(9-13)10-14-15(17)5-4-6-16(14)18/h4-6,11-13H,7-10H2,1-3H3. The first-order valence-electron chi connectivity index (χ1n) is 7.12. The molecule has 3 heteroatoms. The first-order chi connectivity index (χ1) is 8.97. The molecule has 2 atom stereocenters. The second-order valence-corrected chi connectivity index (χ2v) is 6.24. The van der Waals surface area contributed by atoms with Crippen molar-refractivity contribution in [2.45, 2.75) is 33.7 Å². The van der Waals surface area contributed by atoms with Gasteiger partial charge in [-0.3, -0.25) is 4.90 Å². The van der Waals surface area contributed by atoms with Gasteiger partial charge in [0.15, 0.2) is 0 Å². The van der Waals surface area contributed by atoms with E-state index in [0.29, 0.717) is 24.3 Å². The molecular weight excluding hydrogens is 244 g/mol. The predicted molar refractivity (Wildman–Crippen MR) is 73.7 cm³/mol. The van der Waals surface area contributed by atoms with Crippen LogP contribution in [0.2, 0.25) is 0 Å². The molecule has 106 valence electrons. The summed E-state index contributed by atoms with van der Waals surface area (Å²) in [4.78, 5) is 2.19. The van der Waals surface area contributed by atoms with Crippen LogP contribution in [0.3, 0.4) is 0 Å². The van der Waals surface area contributed by atoms with Gasteiger partial charge in [0.2, 0.25) is 0 Å². The molecule has 0 saturated carbocycles. The summed E-state index contributed by atoms with van der Waals surface area (Å²) in [7, 11) is 0. The summed E-state index contributed by atoms with van der Waals surface area (Å²) >= 11 is 0. The molecule has 1 aromatic rings. The minimum atomic E-state index is -0.431. The second kappa shape index (κ2) is 6.00. The summed E-state index contributed by atoms with van der Waals surface area (Å²) in [6, 6.07) is 4.10. The Bertz CT molecular complexity index is 411. The van der Waals surface area contributed by atoms with Crippen LogP contribution in [0.1, 0.15) is 32.8 Å².